The first-order valence-corrected chi connectivity index (χ1v) is 7.55. The Balaban J connectivity index is 1.50. The van der Waals surface area contributed by atoms with Gasteiger partial charge in [-0.15, -0.1) is 0 Å². The van der Waals surface area contributed by atoms with Crippen LogP contribution in [0.1, 0.15) is 11.8 Å². The summed E-state index contributed by atoms with van der Waals surface area (Å²) < 4.78 is 11.6. The zero-order valence-corrected chi connectivity index (χ0v) is 12.5. The zero-order valence-electron chi connectivity index (χ0n) is 12.5. The second-order valence-corrected chi connectivity index (χ2v) is 5.31. The number of nitrogens with two attached hydrogens (primary N) is 1. The van der Waals surface area contributed by atoms with Crippen molar-refractivity contribution in [2.24, 2.45) is 0 Å². The van der Waals surface area contributed by atoms with Gasteiger partial charge in [0, 0.05) is 19.6 Å². The van der Waals surface area contributed by atoms with Crippen LogP contribution in [0.5, 0.6) is 5.75 Å². The van der Waals surface area contributed by atoms with Crippen LogP contribution in [0.15, 0.2) is 48.5 Å². The molecule has 0 amide bonds. The van der Waals surface area contributed by atoms with Gasteiger partial charge in [0.1, 0.15) is 24.3 Å². The van der Waals surface area contributed by atoms with E-state index in [0.29, 0.717) is 19.0 Å². The van der Waals surface area contributed by atoms with Crippen LogP contribution in [0.4, 0.5) is 5.82 Å². The van der Waals surface area contributed by atoms with E-state index in [-0.39, 0.29) is 6.10 Å². The van der Waals surface area contributed by atoms with Crippen molar-refractivity contribution < 1.29 is 9.47 Å². The molecule has 1 aliphatic rings. The Labute approximate surface area is 130 Å². The van der Waals surface area contributed by atoms with E-state index in [4.69, 9.17) is 15.2 Å². The smallest absolute Gasteiger partial charge is 0.123 e. The van der Waals surface area contributed by atoms with Gasteiger partial charge in [-0.05, 0) is 24.3 Å². The number of aromatic nitrogens is 1. The molecule has 2 N–H and O–H groups in total. The van der Waals surface area contributed by atoms with Crippen molar-refractivity contribution in [1.29, 1.82) is 0 Å². The highest BCUT2D eigenvalue weighted by atomic mass is 16.5. The van der Waals surface area contributed by atoms with Crippen molar-refractivity contribution in [3.63, 3.8) is 0 Å². The van der Waals surface area contributed by atoms with Crippen molar-refractivity contribution >= 4 is 5.82 Å². The summed E-state index contributed by atoms with van der Waals surface area (Å²) in [5, 5.41) is 0. The lowest BCUT2D eigenvalue weighted by Gasteiger charge is -2.32. The number of pyridine rings is 1. The molecule has 3 rings (SSSR count). The number of morpholine rings is 1. The third kappa shape index (κ3) is 3.96. The molecule has 0 spiro atoms. The quantitative estimate of drug-likeness (QED) is 0.916. The fourth-order valence-electron chi connectivity index (χ4n) is 2.54. The SMILES string of the molecule is Nc1cccc(C2CN(CCOc3ccccc3)CCO2)n1. The molecule has 5 nitrogen and oxygen atoms in total. The first kappa shape index (κ1) is 14.8. The van der Waals surface area contributed by atoms with E-state index < -0.39 is 0 Å². The van der Waals surface area contributed by atoms with Gasteiger partial charge < -0.3 is 15.2 Å². The third-order valence-electron chi connectivity index (χ3n) is 3.69. The van der Waals surface area contributed by atoms with Crippen LogP contribution in [-0.2, 0) is 4.74 Å². The number of anilines is 1. The molecule has 1 atom stereocenters. The Morgan fingerprint density at radius 2 is 2.05 bits per heavy atom. The summed E-state index contributed by atoms with van der Waals surface area (Å²) in [6, 6.07) is 15.5. The van der Waals surface area contributed by atoms with E-state index in [9.17, 15) is 0 Å². The summed E-state index contributed by atoms with van der Waals surface area (Å²) in [5.74, 6) is 1.44. The molecule has 1 aliphatic heterocycles. The fraction of sp³-hybridized carbons (Fsp3) is 0.353. The largest absolute Gasteiger partial charge is 0.492 e. The summed E-state index contributed by atoms with van der Waals surface area (Å²) in [6.07, 6.45) is -0.0195. The maximum absolute atomic E-state index is 5.81. The standard InChI is InChI=1S/C17H21N3O2/c18-17-8-4-7-15(19-17)16-13-20(10-12-22-16)9-11-21-14-5-2-1-3-6-14/h1-8,16H,9-13H2,(H2,18,19). The average Bonchev–Trinajstić information content (AvgIpc) is 2.56. The number of nitrogens with zero attached hydrogens (tertiary/aromatic N) is 2. The maximum Gasteiger partial charge on any atom is 0.123 e. The van der Waals surface area contributed by atoms with Gasteiger partial charge in [0.2, 0.25) is 0 Å². The highest BCUT2D eigenvalue weighted by Gasteiger charge is 2.22. The Bertz CT molecular complexity index is 591. The van der Waals surface area contributed by atoms with Gasteiger partial charge in [-0.25, -0.2) is 4.98 Å². The van der Waals surface area contributed by atoms with Crippen molar-refractivity contribution in [3.05, 3.63) is 54.2 Å². The third-order valence-corrected chi connectivity index (χ3v) is 3.69. The molecule has 2 heterocycles. The number of benzene rings is 1. The number of ether oxygens (including phenoxy) is 2. The predicted octanol–water partition coefficient (Wildman–Crippen LogP) is 2.12. The molecule has 1 fully saturated rings. The number of para-hydroxylation sites is 1. The molecule has 1 saturated heterocycles. The lowest BCUT2D eigenvalue weighted by atomic mass is 10.2. The highest BCUT2D eigenvalue weighted by molar-refractivity contribution is 5.29. The number of hydrogen-bond donors (Lipinski definition) is 1. The molecule has 0 aliphatic carbocycles. The highest BCUT2D eigenvalue weighted by Crippen LogP contribution is 2.21. The number of rotatable bonds is 5. The molecule has 1 aromatic carbocycles. The van der Waals surface area contributed by atoms with Gasteiger partial charge in [-0.2, -0.15) is 0 Å². The summed E-state index contributed by atoms with van der Waals surface area (Å²) in [5.41, 5.74) is 6.64. The van der Waals surface area contributed by atoms with Crippen LogP contribution in [-0.4, -0.2) is 42.7 Å². The van der Waals surface area contributed by atoms with E-state index in [0.717, 1.165) is 31.1 Å². The van der Waals surface area contributed by atoms with E-state index in [2.05, 4.69) is 9.88 Å². The summed E-state index contributed by atoms with van der Waals surface area (Å²) in [7, 11) is 0. The van der Waals surface area contributed by atoms with E-state index in [1.807, 2.05) is 42.5 Å². The second-order valence-electron chi connectivity index (χ2n) is 5.31. The van der Waals surface area contributed by atoms with Crippen molar-refractivity contribution in [3.8, 4) is 5.75 Å². The Morgan fingerprint density at radius 1 is 1.18 bits per heavy atom. The first-order valence-electron chi connectivity index (χ1n) is 7.55. The minimum atomic E-state index is -0.0195. The topological polar surface area (TPSA) is 60.6 Å². The molecule has 0 saturated carbocycles. The van der Waals surface area contributed by atoms with Gasteiger partial charge in [0.25, 0.3) is 0 Å². The molecule has 116 valence electrons. The second kappa shape index (κ2) is 7.24. The van der Waals surface area contributed by atoms with Gasteiger partial charge in [0.05, 0.1) is 12.3 Å². The molecule has 2 aromatic rings. The van der Waals surface area contributed by atoms with Crippen LogP contribution < -0.4 is 10.5 Å². The zero-order chi connectivity index (χ0) is 15.2. The minimum absolute atomic E-state index is 0.0195. The predicted molar refractivity (Wildman–Crippen MR) is 85.7 cm³/mol. The summed E-state index contributed by atoms with van der Waals surface area (Å²) in [4.78, 5) is 6.69. The van der Waals surface area contributed by atoms with Gasteiger partial charge >= 0.3 is 0 Å². The van der Waals surface area contributed by atoms with Crippen molar-refractivity contribution in [2.45, 2.75) is 6.10 Å². The molecule has 22 heavy (non-hydrogen) atoms. The van der Waals surface area contributed by atoms with Gasteiger partial charge in [-0.3, -0.25) is 4.90 Å². The fourth-order valence-corrected chi connectivity index (χ4v) is 2.54. The van der Waals surface area contributed by atoms with E-state index >= 15 is 0 Å². The monoisotopic (exact) mass is 299 g/mol. The molecule has 0 bridgehead atoms. The van der Waals surface area contributed by atoms with Crippen LogP contribution >= 0.6 is 0 Å². The minimum Gasteiger partial charge on any atom is -0.492 e. The van der Waals surface area contributed by atoms with Crippen LogP contribution in [0.3, 0.4) is 0 Å². The normalized spacial score (nSPS) is 19.0. The lowest BCUT2D eigenvalue weighted by Crippen LogP contribution is -2.40. The van der Waals surface area contributed by atoms with Crippen molar-refractivity contribution in [1.82, 2.24) is 9.88 Å². The summed E-state index contributed by atoms with van der Waals surface area (Å²) >= 11 is 0. The molecular formula is C17H21N3O2. The average molecular weight is 299 g/mol. The number of nitrogen functional groups attached to an aromatic ring is 1. The Morgan fingerprint density at radius 3 is 2.86 bits per heavy atom. The van der Waals surface area contributed by atoms with Gasteiger partial charge in [-0.1, -0.05) is 24.3 Å². The lowest BCUT2D eigenvalue weighted by molar-refractivity contribution is -0.0348. The van der Waals surface area contributed by atoms with E-state index in [1.54, 1.807) is 6.07 Å². The first-order chi connectivity index (χ1) is 10.8. The summed E-state index contributed by atoms with van der Waals surface area (Å²) in [6.45, 7) is 3.97. The van der Waals surface area contributed by atoms with Crippen LogP contribution in [0.25, 0.3) is 0 Å². The maximum atomic E-state index is 5.81. The molecule has 0 radical (unpaired) electrons. The molecule has 1 unspecified atom stereocenters. The molecule has 5 heteroatoms. The number of hydrogen-bond acceptors (Lipinski definition) is 5. The Kier molecular flexibility index (Phi) is 4.88. The Hall–Kier alpha value is -2.11. The van der Waals surface area contributed by atoms with Gasteiger partial charge in [0.15, 0.2) is 0 Å². The van der Waals surface area contributed by atoms with Crippen LogP contribution in [0, 0.1) is 0 Å². The van der Waals surface area contributed by atoms with Crippen molar-refractivity contribution in [2.75, 3.05) is 38.6 Å². The van der Waals surface area contributed by atoms with Crippen LogP contribution in [0.2, 0.25) is 0 Å². The van der Waals surface area contributed by atoms with E-state index in [1.165, 1.54) is 0 Å². The molecular weight excluding hydrogens is 278 g/mol. The molecule has 1 aromatic heterocycles.